The number of carbonyl (C=O) groups excluding carboxylic acids is 2. The minimum atomic E-state index is -1.01. The van der Waals surface area contributed by atoms with E-state index in [1.807, 2.05) is 0 Å². The number of pyridine rings is 1. The first-order chi connectivity index (χ1) is 9.99. The van der Waals surface area contributed by atoms with E-state index in [2.05, 4.69) is 9.98 Å². The SMILES string of the molecule is CCOC(=O)C(C=Nc1ccc(CO)nc1)C(=O)C(C)C. The molecule has 21 heavy (non-hydrogen) atoms. The van der Waals surface area contributed by atoms with Gasteiger partial charge in [0.25, 0.3) is 0 Å². The van der Waals surface area contributed by atoms with E-state index in [-0.39, 0.29) is 24.9 Å². The largest absolute Gasteiger partial charge is 0.465 e. The number of aliphatic hydroxyl groups excluding tert-OH is 1. The third-order valence-electron chi connectivity index (χ3n) is 2.76. The second kappa shape index (κ2) is 8.26. The van der Waals surface area contributed by atoms with Crippen molar-refractivity contribution >= 4 is 23.7 Å². The molecule has 114 valence electrons. The summed E-state index contributed by atoms with van der Waals surface area (Å²) >= 11 is 0. The molecule has 1 atom stereocenters. The summed E-state index contributed by atoms with van der Waals surface area (Å²) in [6.07, 6.45) is 2.75. The maximum absolute atomic E-state index is 12.0. The van der Waals surface area contributed by atoms with Crippen LogP contribution >= 0.6 is 0 Å². The molecule has 0 fully saturated rings. The number of esters is 1. The molecule has 0 radical (unpaired) electrons. The molecule has 1 unspecified atom stereocenters. The highest BCUT2D eigenvalue weighted by atomic mass is 16.5. The lowest BCUT2D eigenvalue weighted by Crippen LogP contribution is -2.30. The second-order valence-electron chi connectivity index (χ2n) is 4.73. The summed E-state index contributed by atoms with van der Waals surface area (Å²) in [6.45, 7) is 5.19. The summed E-state index contributed by atoms with van der Waals surface area (Å²) < 4.78 is 4.90. The molecule has 0 amide bonds. The van der Waals surface area contributed by atoms with Gasteiger partial charge in [0.1, 0.15) is 0 Å². The van der Waals surface area contributed by atoms with Crippen LogP contribution in [0.2, 0.25) is 0 Å². The standard InChI is InChI=1S/C15H20N2O4/c1-4-21-15(20)13(14(19)10(2)3)8-17-11-5-6-12(9-18)16-7-11/h5-8,10,13,18H,4,9H2,1-3H3. The number of nitrogens with zero attached hydrogens (tertiary/aromatic N) is 2. The van der Waals surface area contributed by atoms with Crippen molar-refractivity contribution in [2.24, 2.45) is 16.8 Å². The van der Waals surface area contributed by atoms with E-state index in [4.69, 9.17) is 9.84 Å². The number of rotatable bonds is 7. The van der Waals surface area contributed by atoms with Gasteiger partial charge in [0, 0.05) is 12.1 Å². The normalized spacial score (nSPS) is 12.6. The topological polar surface area (TPSA) is 88.8 Å². The number of carbonyl (C=O) groups is 2. The molecule has 0 saturated carbocycles. The minimum Gasteiger partial charge on any atom is -0.465 e. The monoisotopic (exact) mass is 292 g/mol. The maximum Gasteiger partial charge on any atom is 0.321 e. The summed E-state index contributed by atoms with van der Waals surface area (Å²) in [6, 6.07) is 3.27. The van der Waals surface area contributed by atoms with Gasteiger partial charge in [-0.1, -0.05) is 13.8 Å². The predicted octanol–water partition coefficient (Wildman–Crippen LogP) is 1.68. The van der Waals surface area contributed by atoms with Gasteiger partial charge in [0.05, 0.1) is 30.8 Å². The average Bonchev–Trinajstić information content (AvgIpc) is 2.48. The Balaban J connectivity index is 2.90. The number of aliphatic imine (C=N–C) groups is 1. The van der Waals surface area contributed by atoms with Crippen LogP contribution in [-0.4, -0.2) is 34.7 Å². The highest BCUT2D eigenvalue weighted by Crippen LogP contribution is 2.13. The van der Waals surface area contributed by atoms with Crippen LogP contribution in [0.1, 0.15) is 26.5 Å². The number of Topliss-reactive ketones (excluding diaryl/α,β-unsaturated/α-hetero) is 1. The summed E-state index contributed by atoms with van der Waals surface area (Å²) in [5.41, 5.74) is 1.02. The number of ketones is 1. The first-order valence-electron chi connectivity index (χ1n) is 6.79. The van der Waals surface area contributed by atoms with Gasteiger partial charge in [0.2, 0.25) is 0 Å². The van der Waals surface area contributed by atoms with Gasteiger partial charge in [-0.05, 0) is 19.1 Å². The molecule has 0 bridgehead atoms. The lowest BCUT2D eigenvalue weighted by atomic mass is 9.96. The smallest absolute Gasteiger partial charge is 0.321 e. The highest BCUT2D eigenvalue weighted by molar-refractivity contribution is 6.12. The van der Waals surface area contributed by atoms with Gasteiger partial charge in [-0.3, -0.25) is 19.6 Å². The predicted molar refractivity (Wildman–Crippen MR) is 78.3 cm³/mol. The quantitative estimate of drug-likeness (QED) is 0.469. The van der Waals surface area contributed by atoms with Crippen LogP contribution in [0.25, 0.3) is 0 Å². The summed E-state index contributed by atoms with van der Waals surface area (Å²) in [7, 11) is 0. The molecule has 6 heteroatoms. The molecule has 1 aromatic rings. The molecular weight excluding hydrogens is 272 g/mol. The molecule has 1 heterocycles. The molecule has 1 rings (SSSR count). The van der Waals surface area contributed by atoms with E-state index in [1.165, 1.54) is 12.4 Å². The molecule has 0 aliphatic carbocycles. The summed E-state index contributed by atoms with van der Waals surface area (Å²) in [5.74, 6) is -2.14. The van der Waals surface area contributed by atoms with Gasteiger partial charge in [-0.2, -0.15) is 0 Å². The Bertz CT molecular complexity index is 509. The molecule has 6 nitrogen and oxygen atoms in total. The number of hydrogen-bond donors (Lipinski definition) is 1. The second-order valence-corrected chi connectivity index (χ2v) is 4.73. The molecule has 0 saturated heterocycles. The fourth-order valence-electron chi connectivity index (χ4n) is 1.59. The van der Waals surface area contributed by atoms with Crippen molar-refractivity contribution in [2.75, 3.05) is 6.61 Å². The van der Waals surface area contributed by atoms with Crippen LogP contribution in [0.5, 0.6) is 0 Å². The third kappa shape index (κ3) is 5.07. The summed E-state index contributed by atoms with van der Waals surface area (Å²) in [4.78, 5) is 31.9. The lowest BCUT2D eigenvalue weighted by Gasteiger charge is -2.12. The van der Waals surface area contributed by atoms with Crippen molar-refractivity contribution in [1.82, 2.24) is 4.98 Å². The number of hydrogen-bond acceptors (Lipinski definition) is 6. The van der Waals surface area contributed by atoms with Crippen LogP contribution in [0.3, 0.4) is 0 Å². The van der Waals surface area contributed by atoms with E-state index in [0.717, 1.165) is 0 Å². The van der Waals surface area contributed by atoms with Crippen LogP contribution in [0.4, 0.5) is 5.69 Å². The molecule has 0 spiro atoms. The molecular formula is C15H20N2O4. The van der Waals surface area contributed by atoms with Crippen molar-refractivity contribution in [2.45, 2.75) is 27.4 Å². The molecule has 0 aliphatic heterocycles. The van der Waals surface area contributed by atoms with Gasteiger partial charge >= 0.3 is 5.97 Å². The van der Waals surface area contributed by atoms with Crippen LogP contribution in [0.15, 0.2) is 23.3 Å². The van der Waals surface area contributed by atoms with Crippen molar-refractivity contribution in [3.8, 4) is 0 Å². The van der Waals surface area contributed by atoms with E-state index in [0.29, 0.717) is 11.4 Å². The van der Waals surface area contributed by atoms with E-state index in [9.17, 15) is 9.59 Å². The zero-order chi connectivity index (χ0) is 15.8. The third-order valence-corrected chi connectivity index (χ3v) is 2.76. The molecule has 1 N–H and O–H groups in total. The van der Waals surface area contributed by atoms with Crippen molar-refractivity contribution in [1.29, 1.82) is 0 Å². The first kappa shape index (κ1) is 17.0. The van der Waals surface area contributed by atoms with Gasteiger partial charge in [-0.15, -0.1) is 0 Å². The van der Waals surface area contributed by atoms with Crippen molar-refractivity contribution < 1.29 is 19.4 Å². The zero-order valence-electron chi connectivity index (χ0n) is 12.4. The molecule has 0 aromatic carbocycles. The number of aromatic nitrogens is 1. The van der Waals surface area contributed by atoms with E-state index < -0.39 is 11.9 Å². The van der Waals surface area contributed by atoms with Crippen molar-refractivity contribution in [3.05, 3.63) is 24.0 Å². The summed E-state index contributed by atoms with van der Waals surface area (Å²) in [5, 5.41) is 8.91. The average molecular weight is 292 g/mol. The van der Waals surface area contributed by atoms with Crippen molar-refractivity contribution in [3.63, 3.8) is 0 Å². The number of aliphatic hydroxyl groups is 1. The van der Waals surface area contributed by atoms with E-state index >= 15 is 0 Å². The van der Waals surface area contributed by atoms with Gasteiger partial charge in [0.15, 0.2) is 11.7 Å². The Morgan fingerprint density at radius 1 is 1.43 bits per heavy atom. The Morgan fingerprint density at radius 3 is 2.62 bits per heavy atom. The highest BCUT2D eigenvalue weighted by Gasteiger charge is 2.28. The van der Waals surface area contributed by atoms with Gasteiger partial charge in [-0.25, -0.2) is 0 Å². The minimum absolute atomic E-state index is 0.152. The Labute approximate surface area is 123 Å². The Morgan fingerprint density at radius 2 is 2.14 bits per heavy atom. The zero-order valence-corrected chi connectivity index (χ0v) is 12.4. The van der Waals surface area contributed by atoms with Gasteiger partial charge < -0.3 is 9.84 Å². The fraction of sp³-hybridized carbons (Fsp3) is 0.467. The van der Waals surface area contributed by atoms with Crippen LogP contribution in [-0.2, 0) is 20.9 Å². The van der Waals surface area contributed by atoms with Crippen LogP contribution < -0.4 is 0 Å². The Kier molecular flexibility index (Phi) is 6.68. The van der Waals surface area contributed by atoms with Crippen LogP contribution in [0, 0.1) is 11.8 Å². The number of ether oxygens (including phenoxy) is 1. The first-order valence-corrected chi connectivity index (χ1v) is 6.79. The Hall–Kier alpha value is -2.08. The van der Waals surface area contributed by atoms with E-state index in [1.54, 1.807) is 32.9 Å². The molecule has 0 aliphatic rings. The lowest BCUT2D eigenvalue weighted by molar-refractivity contribution is -0.149. The maximum atomic E-state index is 12.0. The molecule has 1 aromatic heterocycles. The fourth-order valence-corrected chi connectivity index (χ4v) is 1.59.